The Kier molecular flexibility index (Phi) is 10.6. The zero-order valence-electron chi connectivity index (χ0n) is 24.2. The minimum Gasteiger partial charge on any atom is -0.497 e. The second kappa shape index (κ2) is 14.5. The third-order valence-electron chi connectivity index (χ3n) is 6.93. The lowest BCUT2D eigenvalue weighted by atomic mass is 9.99. The molecule has 0 unspecified atom stereocenters. The average Bonchev–Trinajstić information content (AvgIpc) is 2.98. The van der Waals surface area contributed by atoms with Crippen molar-refractivity contribution in [3.8, 4) is 34.1 Å². The Hall–Kier alpha value is -4.31. The summed E-state index contributed by atoms with van der Waals surface area (Å²) >= 11 is 0. The van der Waals surface area contributed by atoms with Crippen LogP contribution in [0, 0.1) is 5.82 Å². The topological polar surface area (TPSA) is 107 Å². The SMILES string of the molecule is CCOc1cc(CN2CCC(NC(=O)c3cc(OC)cc(OCC(=O)O)c3)CC2)cc(OCC)c1-c1ccc(F)cc1. The summed E-state index contributed by atoms with van der Waals surface area (Å²) in [5.41, 5.74) is 3.01. The normalized spacial score (nSPS) is 13.8. The number of likely N-dealkylation sites (tertiary alicyclic amines) is 1. The number of halogens is 1. The first-order valence-electron chi connectivity index (χ1n) is 14.0. The van der Waals surface area contributed by atoms with Crippen molar-refractivity contribution in [1.29, 1.82) is 0 Å². The van der Waals surface area contributed by atoms with Gasteiger partial charge in [0.1, 0.15) is 28.8 Å². The standard InChI is InChI=1S/C32H37FN2O7/c1-4-40-28-14-21(15-29(41-5-2)31(28)22-6-8-24(33)9-7-22)19-35-12-10-25(11-13-35)34-32(38)23-16-26(39-3)18-27(17-23)42-20-30(36)37/h6-9,14-18,25H,4-5,10-13,19-20H2,1-3H3,(H,34,38)(H,36,37). The van der Waals surface area contributed by atoms with E-state index in [1.807, 2.05) is 26.0 Å². The van der Waals surface area contributed by atoms with E-state index in [4.69, 9.17) is 24.1 Å². The summed E-state index contributed by atoms with van der Waals surface area (Å²) in [6, 6.07) is 15.0. The highest BCUT2D eigenvalue weighted by Gasteiger charge is 2.23. The van der Waals surface area contributed by atoms with Gasteiger partial charge in [0.05, 0.1) is 25.9 Å². The average molecular weight is 581 g/mol. The maximum Gasteiger partial charge on any atom is 0.341 e. The summed E-state index contributed by atoms with van der Waals surface area (Å²) in [7, 11) is 1.47. The summed E-state index contributed by atoms with van der Waals surface area (Å²) in [4.78, 5) is 26.2. The molecule has 42 heavy (non-hydrogen) atoms. The highest BCUT2D eigenvalue weighted by molar-refractivity contribution is 5.95. The van der Waals surface area contributed by atoms with Crippen LogP contribution in [-0.2, 0) is 11.3 Å². The Morgan fingerprint density at radius 2 is 1.55 bits per heavy atom. The molecule has 1 heterocycles. The van der Waals surface area contributed by atoms with Crippen molar-refractivity contribution in [2.75, 3.05) is 40.0 Å². The van der Waals surface area contributed by atoms with Crippen LogP contribution < -0.4 is 24.3 Å². The number of carboxylic acid groups (broad SMARTS) is 1. The predicted octanol–water partition coefficient (Wildman–Crippen LogP) is 5.16. The van der Waals surface area contributed by atoms with Crippen LogP contribution in [0.3, 0.4) is 0 Å². The number of hydrogen-bond acceptors (Lipinski definition) is 7. The van der Waals surface area contributed by atoms with Gasteiger partial charge < -0.3 is 29.4 Å². The molecule has 0 bridgehead atoms. The van der Waals surface area contributed by atoms with Gasteiger partial charge in [0.15, 0.2) is 6.61 Å². The van der Waals surface area contributed by atoms with Crippen LogP contribution in [0.15, 0.2) is 54.6 Å². The minimum absolute atomic E-state index is 0.0119. The fraction of sp³-hybridized carbons (Fsp3) is 0.375. The molecule has 3 aromatic carbocycles. The van der Waals surface area contributed by atoms with Gasteiger partial charge in [-0.15, -0.1) is 0 Å². The van der Waals surface area contributed by atoms with Crippen LogP contribution in [0.4, 0.5) is 4.39 Å². The van der Waals surface area contributed by atoms with E-state index in [2.05, 4.69) is 10.2 Å². The molecule has 1 aliphatic rings. The number of aliphatic carboxylic acids is 1. The molecule has 1 fully saturated rings. The second-order valence-corrected chi connectivity index (χ2v) is 9.94. The van der Waals surface area contributed by atoms with Crippen molar-refractivity contribution in [3.63, 3.8) is 0 Å². The molecule has 0 aromatic heterocycles. The lowest BCUT2D eigenvalue weighted by Crippen LogP contribution is -2.44. The van der Waals surface area contributed by atoms with E-state index in [1.165, 1.54) is 25.3 Å². The van der Waals surface area contributed by atoms with Gasteiger partial charge in [-0.1, -0.05) is 12.1 Å². The van der Waals surface area contributed by atoms with Crippen LogP contribution in [0.5, 0.6) is 23.0 Å². The number of carbonyl (C=O) groups is 2. The number of methoxy groups -OCH3 is 1. The van der Waals surface area contributed by atoms with Crippen LogP contribution >= 0.6 is 0 Å². The van der Waals surface area contributed by atoms with E-state index in [-0.39, 0.29) is 23.5 Å². The van der Waals surface area contributed by atoms with E-state index < -0.39 is 12.6 Å². The van der Waals surface area contributed by atoms with Crippen LogP contribution in [0.1, 0.15) is 42.6 Å². The number of nitrogens with zero attached hydrogens (tertiary/aromatic N) is 1. The molecule has 10 heteroatoms. The highest BCUT2D eigenvalue weighted by Crippen LogP contribution is 2.40. The Labute approximate surface area is 245 Å². The van der Waals surface area contributed by atoms with Crippen molar-refractivity contribution in [1.82, 2.24) is 10.2 Å². The second-order valence-electron chi connectivity index (χ2n) is 9.94. The van der Waals surface area contributed by atoms with E-state index >= 15 is 0 Å². The molecule has 0 aliphatic carbocycles. The molecule has 9 nitrogen and oxygen atoms in total. The number of amides is 1. The quantitative estimate of drug-likeness (QED) is 0.286. The monoisotopic (exact) mass is 580 g/mol. The lowest BCUT2D eigenvalue weighted by molar-refractivity contribution is -0.139. The third kappa shape index (κ3) is 8.13. The zero-order chi connectivity index (χ0) is 30.1. The molecule has 4 rings (SSSR count). The molecule has 0 atom stereocenters. The summed E-state index contributed by atoms with van der Waals surface area (Å²) < 4.78 is 36.1. The summed E-state index contributed by atoms with van der Waals surface area (Å²) in [5, 5.41) is 12.0. The number of benzene rings is 3. The molecule has 2 N–H and O–H groups in total. The number of carboxylic acids is 1. The van der Waals surface area contributed by atoms with Crippen molar-refractivity contribution in [3.05, 3.63) is 71.5 Å². The minimum atomic E-state index is -1.11. The molecule has 3 aromatic rings. The predicted molar refractivity (Wildman–Crippen MR) is 156 cm³/mol. The van der Waals surface area contributed by atoms with Gasteiger partial charge in [0, 0.05) is 37.3 Å². The summed E-state index contributed by atoms with van der Waals surface area (Å²) in [6.07, 6.45) is 1.53. The summed E-state index contributed by atoms with van der Waals surface area (Å²) in [5.74, 6) is 0.355. The van der Waals surface area contributed by atoms with Crippen LogP contribution in [0.2, 0.25) is 0 Å². The first-order chi connectivity index (χ1) is 20.3. The van der Waals surface area contributed by atoms with E-state index in [0.717, 1.165) is 42.6 Å². The van der Waals surface area contributed by atoms with Crippen molar-refractivity contribution < 1.29 is 38.0 Å². The van der Waals surface area contributed by atoms with Gasteiger partial charge >= 0.3 is 5.97 Å². The molecule has 1 amide bonds. The Morgan fingerprint density at radius 1 is 0.929 bits per heavy atom. The van der Waals surface area contributed by atoms with E-state index in [0.29, 0.717) is 42.6 Å². The van der Waals surface area contributed by atoms with E-state index in [9.17, 15) is 14.0 Å². The van der Waals surface area contributed by atoms with Gasteiger partial charge in [-0.2, -0.15) is 0 Å². The summed E-state index contributed by atoms with van der Waals surface area (Å²) in [6.45, 7) is 6.55. The van der Waals surface area contributed by atoms with Gasteiger partial charge in [0.25, 0.3) is 5.91 Å². The molecule has 0 saturated carbocycles. The van der Waals surface area contributed by atoms with Crippen molar-refractivity contribution >= 4 is 11.9 Å². The van der Waals surface area contributed by atoms with Gasteiger partial charge in [-0.25, -0.2) is 9.18 Å². The number of nitrogens with one attached hydrogen (secondary N) is 1. The molecule has 224 valence electrons. The molecular weight excluding hydrogens is 543 g/mol. The smallest absolute Gasteiger partial charge is 0.341 e. The fourth-order valence-corrected chi connectivity index (χ4v) is 4.99. The lowest BCUT2D eigenvalue weighted by Gasteiger charge is -2.32. The number of rotatable bonds is 13. The first-order valence-corrected chi connectivity index (χ1v) is 14.0. The third-order valence-corrected chi connectivity index (χ3v) is 6.93. The highest BCUT2D eigenvalue weighted by atomic mass is 19.1. The van der Waals surface area contributed by atoms with Crippen LogP contribution in [-0.4, -0.2) is 67.9 Å². The zero-order valence-corrected chi connectivity index (χ0v) is 24.2. The molecule has 0 radical (unpaired) electrons. The number of carbonyl (C=O) groups excluding carboxylic acids is 1. The number of ether oxygens (including phenoxy) is 4. The first kappa shape index (κ1) is 30.6. The van der Waals surface area contributed by atoms with Crippen molar-refractivity contribution in [2.45, 2.75) is 39.3 Å². The van der Waals surface area contributed by atoms with Crippen molar-refractivity contribution in [2.24, 2.45) is 0 Å². The van der Waals surface area contributed by atoms with Crippen LogP contribution in [0.25, 0.3) is 11.1 Å². The molecule has 1 aliphatic heterocycles. The maximum absolute atomic E-state index is 13.6. The number of hydrogen-bond donors (Lipinski definition) is 2. The van der Waals surface area contributed by atoms with Gasteiger partial charge in [0.2, 0.25) is 0 Å². The van der Waals surface area contributed by atoms with Gasteiger partial charge in [-0.3, -0.25) is 9.69 Å². The Morgan fingerprint density at radius 3 is 2.12 bits per heavy atom. The largest absolute Gasteiger partial charge is 0.497 e. The Balaban J connectivity index is 1.41. The maximum atomic E-state index is 13.6. The molecule has 0 spiro atoms. The van der Waals surface area contributed by atoms with Gasteiger partial charge in [-0.05, 0) is 74.2 Å². The Bertz CT molecular complexity index is 1340. The molecular formula is C32H37FN2O7. The number of piperidine rings is 1. The fourth-order valence-electron chi connectivity index (χ4n) is 4.99. The van der Waals surface area contributed by atoms with E-state index in [1.54, 1.807) is 24.3 Å². The molecule has 1 saturated heterocycles.